The van der Waals surface area contributed by atoms with Gasteiger partial charge in [0.1, 0.15) is 17.7 Å². The van der Waals surface area contributed by atoms with E-state index in [2.05, 4.69) is 5.73 Å². The Bertz CT molecular complexity index is 458. The molecule has 9 heteroatoms. The van der Waals surface area contributed by atoms with Crippen LogP contribution in [-0.2, 0) is 0 Å². The molecule has 1 rings (SSSR count). The number of hydrogen-bond donors (Lipinski definition) is 1. The van der Waals surface area contributed by atoms with Crippen LogP contribution in [0, 0.1) is 18.6 Å². The van der Waals surface area contributed by atoms with Gasteiger partial charge in [-0.2, -0.15) is 22.0 Å². The zero-order valence-electron chi connectivity index (χ0n) is 9.36. The van der Waals surface area contributed by atoms with Crippen molar-refractivity contribution < 1.29 is 30.7 Å². The molecule has 110 valence electrons. The third-order valence-corrected chi connectivity index (χ3v) is 2.40. The molecule has 0 aliphatic heterocycles. The molecule has 1 aromatic carbocycles. The van der Waals surface area contributed by atoms with E-state index in [-0.39, 0.29) is 18.0 Å². The van der Waals surface area contributed by atoms with E-state index in [0.29, 0.717) is 6.07 Å². The van der Waals surface area contributed by atoms with Gasteiger partial charge in [0, 0.05) is 5.56 Å². The fourth-order valence-corrected chi connectivity index (χ4v) is 1.32. The van der Waals surface area contributed by atoms with Crippen LogP contribution >= 0.6 is 12.4 Å². The van der Waals surface area contributed by atoms with Crippen molar-refractivity contribution in [1.82, 2.24) is 0 Å². The standard InChI is InChI=1S/C10H8F7N.ClH/c1-4-2-3-5(11)6(7(4)12)8(18)9(13,14)10(15,16)17;/h2-3,8H,18H2,1H3;1H/t8-;/m0./s1. The first-order chi connectivity index (χ1) is 8.00. The average Bonchev–Trinajstić information content (AvgIpc) is 2.22. The highest BCUT2D eigenvalue weighted by molar-refractivity contribution is 5.85. The van der Waals surface area contributed by atoms with E-state index >= 15 is 0 Å². The summed E-state index contributed by atoms with van der Waals surface area (Å²) in [7, 11) is 0. The van der Waals surface area contributed by atoms with Gasteiger partial charge in [0.25, 0.3) is 0 Å². The first kappa shape index (κ1) is 18.0. The van der Waals surface area contributed by atoms with Crippen molar-refractivity contribution in [2.75, 3.05) is 0 Å². The van der Waals surface area contributed by atoms with Crippen LogP contribution in [0.25, 0.3) is 0 Å². The quantitative estimate of drug-likeness (QED) is 0.824. The SMILES string of the molecule is Cc1ccc(F)c([C@H](N)C(F)(F)C(F)(F)F)c1F.Cl. The second kappa shape index (κ2) is 5.54. The molecule has 0 unspecified atom stereocenters. The molecule has 0 fully saturated rings. The fourth-order valence-electron chi connectivity index (χ4n) is 1.32. The van der Waals surface area contributed by atoms with Crippen molar-refractivity contribution in [2.45, 2.75) is 25.1 Å². The molecule has 0 aliphatic carbocycles. The number of rotatable bonds is 2. The Hall–Kier alpha value is -1.02. The average molecular weight is 312 g/mol. The van der Waals surface area contributed by atoms with E-state index < -0.39 is 35.3 Å². The number of hydrogen-bond acceptors (Lipinski definition) is 1. The highest BCUT2D eigenvalue weighted by Crippen LogP contribution is 2.44. The maximum atomic E-state index is 13.4. The summed E-state index contributed by atoms with van der Waals surface area (Å²) in [5.41, 5.74) is 2.93. The number of aryl methyl sites for hydroxylation is 1. The van der Waals surface area contributed by atoms with Crippen molar-refractivity contribution >= 4 is 12.4 Å². The Kier molecular flexibility index (Phi) is 5.24. The van der Waals surface area contributed by atoms with Gasteiger partial charge in [-0.3, -0.25) is 0 Å². The minimum absolute atomic E-state index is 0. The summed E-state index contributed by atoms with van der Waals surface area (Å²) < 4.78 is 88.6. The molecule has 2 N–H and O–H groups in total. The number of nitrogens with two attached hydrogens (primary N) is 1. The van der Waals surface area contributed by atoms with Gasteiger partial charge in [0.2, 0.25) is 0 Å². The highest BCUT2D eigenvalue weighted by Gasteiger charge is 2.62. The summed E-state index contributed by atoms with van der Waals surface area (Å²) in [6.45, 7) is 1.09. The van der Waals surface area contributed by atoms with Crippen molar-refractivity contribution in [3.05, 3.63) is 34.9 Å². The Labute approximate surface area is 110 Å². The van der Waals surface area contributed by atoms with Crippen LogP contribution < -0.4 is 5.73 Å². The van der Waals surface area contributed by atoms with Crippen LogP contribution in [0.5, 0.6) is 0 Å². The van der Waals surface area contributed by atoms with Gasteiger partial charge in [-0.15, -0.1) is 12.4 Å². The third-order valence-electron chi connectivity index (χ3n) is 2.40. The molecule has 0 aromatic heterocycles. The van der Waals surface area contributed by atoms with E-state index in [4.69, 9.17) is 0 Å². The molecule has 1 atom stereocenters. The summed E-state index contributed by atoms with van der Waals surface area (Å²) in [5, 5.41) is 0. The Balaban J connectivity index is 0.00000324. The van der Waals surface area contributed by atoms with Gasteiger partial charge >= 0.3 is 12.1 Å². The zero-order chi connectivity index (χ0) is 14.3. The molecule has 0 heterocycles. The van der Waals surface area contributed by atoms with Gasteiger partial charge in [-0.1, -0.05) is 6.07 Å². The first-order valence-electron chi connectivity index (χ1n) is 4.64. The molecule has 1 nitrogen and oxygen atoms in total. The van der Waals surface area contributed by atoms with E-state index in [9.17, 15) is 30.7 Å². The monoisotopic (exact) mass is 311 g/mol. The van der Waals surface area contributed by atoms with Crippen LogP contribution in [0.4, 0.5) is 30.7 Å². The van der Waals surface area contributed by atoms with Crippen molar-refractivity contribution in [1.29, 1.82) is 0 Å². The molecule has 0 saturated carbocycles. The maximum absolute atomic E-state index is 13.4. The molecule has 1 aromatic rings. The van der Waals surface area contributed by atoms with Crippen LogP contribution in [0.1, 0.15) is 17.2 Å². The van der Waals surface area contributed by atoms with Gasteiger partial charge in [0.05, 0.1) is 0 Å². The summed E-state index contributed by atoms with van der Waals surface area (Å²) in [4.78, 5) is 0. The lowest BCUT2D eigenvalue weighted by atomic mass is 9.98. The van der Waals surface area contributed by atoms with Gasteiger partial charge in [-0.25, -0.2) is 8.78 Å². The van der Waals surface area contributed by atoms with E-state index in [1.54, 1.807) is 0 Å². The lowest BCUT2D eigenvalue weighted by Crippen LogP contribution is -2.46. The topological polar surface area (TPSA) is 26.0 Å². The molecule has 0 bridgehead atoms. The molecule has 0 saturated heterocycles. The third kappa shape index (κ3) is 3.11. The Morgan fingerprint density at radius 2 is 1.53 bits per heavy atom. The van der Waals surface area contributed by atoms with Gasteiger partial charge in [-0.05, 0) is 18.6 Å². The smallest absolute Gasteiger partial charge is 0.319 e. The van der Waals surface area contributed by atoms with E-state index in [1.165, 1.54) is 0 Å². The second-order valence-electron chi connectivity index (χ2n) is 3.69. The number of alkyl halides is 5. The van der Waals surface area contributed by atoms with Crippen LogP contribution in [0.15, 0.2) is 12.1 Å². The lowest BCUT2D eigenvalue weighted by molar-refractivity contribution is -0.291. The van der Waals surface area contributed by atoms with Crippen molar-refractivity contribution in [2.24, 2.45) is 5.73 Å². The minimum atomic E-state index is -5.99. The van der Waals surface area contributed by atoms with Crippen LogP contribution in [0.3, 0.4) is 0 Å². The molecule has 0 aliphatic rings. The van der Waals surface area contributed by atoms with E-state index in [1.807, 2.05) is 0 Å². The van der Waals surface area contributed by atoms with Crippen molar-refractivity contribution in [3.63, 3.8) is 0 Å². The number of halogens is 8. The number of benzene rings is 1. The predicted molar refractivity (Wildman–Crippen MR) is 56.3 cm³/mol. The fraction of sp³-hybridized carbons (Fsp3) is 0.400. The minimum Gasteiger partial charge on any atom is -0.319 e. The predicted octanol–water partition coefficient (Wildman–Crippen LogP) is 3.89. The summed E-state index contributed by atoms with van der Waals surface area (Å²) in [6.07, 6.45) is -5.99. The van der Waals surface area contributed by atoms with Crippen molar-refractivity contribution in [3.8, 4) is 0 Å². The molecule has 19 heavy (non-hydrogen) atoms. The highest BCUT2D eigenvalue weighted by atomic mass is 35.5. The Morgan fingerprint density at radius 1 is 1.05 bits per heavy atom. The van der Waals surface area contributed by atoms with Gasteiger partial charge < -0.3 is 5.73 Å². The van der Waals surface area contributed by atoms with E-state index in [0.717, 1.165) is 13.0 Å². The Morgan fingerprint density at radius 3 is 1.95 bits per heavy atom. The maximum Gasteiger partial charge on any atom is 0.455 e. The zero-order valence-corrected chi connectivity index (χ0v) is 10.2. The summed E-state index contributed by atoms with van der Waals surface area (Å²) >= 11 is 0. The first-order valence-corrected chi connectivity index (χ1v) is 4.64. The lowest BCUT2D eigenvalue weighted by Gasteiger charge is -2.26. The normalized spacial score (nSPS) is 13.9. The van der Waals surface area contributed by atoms with Crippen LogP contribution in [-0.4, -0.2) is 12.1 Å². The van der Waals surface area contributed by atoms with Gasteiger partial charge in [0.15, 0.2) is 0 Å². The summed E-state index contributed by atoms with van der Waals surface area (Å²) in [6, 6.07) is -1.65. The largest absolute Gasteiger partial charge is 0.455 e. The van der Waals surface area contributed by atoms with Crippen LogP contribution in [0.2, 0.25) is 0 Å². The second-order valence-corrected chi connectivity index (χ2v) is 3.69. The molecular formula is C10H9ClF7N. The molecule has 0 spiro atoms. The molecule has 0 amide bonds. The summed E-state index contributed by atoms with van der Waals surface area (Å²) in [5.74, 6) is -8.48. The molecule has 0 radical (unpaired) electrons. The molecular weight excluding hydrogens is 303 g/mol.